The molecule has 0 saturated carbocycles. The van der Waals surface area contributed by atoms with Gasteiger partial charge in [-0.2, -0.15) is 0 Å². The van der Waals surface area contributed by atoms with E-state index in [-0.39, 0.29) is 5.91 Å². The van der Waals surface area contributed by atoms with E-state index in [1.54, 1.807) is 13.2 Å². The quantitative estimate of drug-likeness (QED) is 0.619. The van der Waals surface area contributed by atoms with Crippen molar-refractivity contribution in [3.05, 3.63) is 0 Å². The van der Waals surface area contributed by atoms with Gasteiger partial charge in [-0.1, -0.05) is 0 Å². The molecule has 0 aromatic carbocycles. The largest absolute Gasteiger partial charge is 0.372 e. The van der Waals surface area contributed by atoms with E-state index in [0.717, 1.165) is 6.42 Å². The van der Waals surface area contributed by atoms with Crippen LogP contribution in [-0.4, -0.2) is 41.9 Å². The predicted octanol–water partition coefficient (Wildman–Crippen LogP) is -0.0939. The zero-order chi connectivity index (χ0) is 10.3. The fraction of sp³-hybridized carbons (Fsp3) is 0.875. The Labute approximate surface area is 81.5 Å². The lowest BCUT2D eigenvalue weighted by Crippen LogP contribution is -2.34. The molecule has 0 aromatic rings. The monoisotopic (exact) mass is 207 g/mol. The topological polar surface area (TPSA) is 55.4 Å². The maximum atomic E-state index is 11.1. The first-order valence-electron chi connectivity index (χ1n) is 4.18. The number of hydrogen-bond acceptors (Lipinski definition) is 3. The van der Waals surface area contributed by atoms with Gasteiger partial charge in [0.15, 0.2) is 0 Å². The van der Waals surface area contributed by atoms with Crippen molar-refractivity contribution < 1.29 is 13.7 Å². The molecule has 0 fully saturated rings. The van der Waals surface area contributed by atoms with Crippen molar-refractivity contribution >= 4 is 16.7 Å². The summed E-state index contributed by atoms with van der Waals surface area (Å²) in [5.41, 5.74) is 0. The summed E-state index contributed by atoms with van der Waals surface area (Å²) >= 11 is 0. The van der Waals surface area contributed by atoms with Gasteiger partial charge in [-0.3, -0.25) is 9.00 Å². The number of carbonyl (C=O) groups excluding carboxylic acids is 1. The number of ether oxygens (including phenoxy) is 1. The number of methoxy groups -OCH3 is 1. The van der Waals surface area contributed by atoms with Gasteiger partial charge in [0.25, 0.3) is 0 Å². The van der Waals surface area contributed by atoms with Gasteiger partial charge in [0.2, 0.25) is 5.91 Å². The summed E-state index contributed by atoms with van der Waals surface area (Å²) < 4.78 is 15.5. The second kappa shape index (κ2) is 7.03. The van der Waals surface area contributed by atoms with E-state index in [9.17, 15) is 9.00 Å². The summed E-state index contributed by atoms with van der Waals surface area (Å²) in [6.45, 7) is 2.25. The Hall–Kier alpha value is -0.420. The van der Waals surface area contributed by atoms with Crippen molar-refractivity contribution in [3.63, 3.8) is 0 Å². The van der Waals surface area contributed by atoms with Crippen LogP contribution in [0.4, 0.5) is 0 Å². The lowest BCUT2D eigenvalue weighted by molar-refractivity contribution is -0.130. The van der Waals surface area contributed by atoms with Gasteiger partial charge in [0.05, 0.1) is 0 Å². The average Bonchev–Trinajstić information content (AvgIpc) is 2.10. The highest BCUT2D eigenvalue weighted by Gasteiger charge is 2.09. The van der Waals surface area contributed by atoms with Crippen LogP contribution < -0.4 is 5.32 Å². The highest BCUT2D eigenvalue weighted by atomic mass is 32.2. The summed E-state index contributed by atoms with van der Waals surface area (Å²) in [6, 6.07) is 0. The molecule has 2 atom stereocenters. The molecule has 1 N–H and O–H groups in total. The Morgan fingerprint density at radius 2 is 2.23 bits per heavy atom. The van der Waals surface area contributed by atoms with Crippen molar-refractivity contribution in [2.24, 2.45) is 0 Å². The SMILES string of the molecule is COC(C)C(=O)NCCCS(C)=O. The molecule has 78 valence electrons. The van der Waals surface area contributed by atoms with E-state index in [0.29, 0.717) is 12.3 Å². The average molecular weight is 207 g/mol. The second-order valence-electron chi connectivity index (χ2n) is 2.80. The number of hydrogen-bond donors (Lipinski definition) is 1. The highest BCUT2D eigenvalue weighted by Crippen LogP contribution is 1.88. The molecule has 1 amide bonds. The molecule has 0 bridgehead atoms. The zero-order valence-corrected chi connectivity index (χ0v) is 9.15. The van der Waals surface area contributed by atoms with Gasteiger partial charge in [0, 0.05) is 36.5 Å². The van der Waals surface area contributed by atoms with Gasteiger partial charge in [-0.25, -0.2) is 0 Å². The fourth-order valence-electron chi connectivity index (χ4n) is 0.738. The van der Waals surface area contributed by atoms with E-state index in [4.69, 9.17) is 4.74 Å². The number of rotatable bonds is 6. The Bertz CT molecular complexity index is 184. The molecule has 0 aliphatic carbocycles. The molecule has 0 aromatic heterocycles. The van der Waals surface area contributed by atoms with E-state index >= 15 is 0 Å². The lowest BCUT2D eigenvalue weighted by Gasteiger charge is -2.09. The van der Waals surface area contributed by atoms with Gasteiger partial charge in [-0.05, 0) is 13.3 Å². The van der Waals surface area contributed by atoms with Gasteiger partial charge in [0.1, 0.15) is 6.10 Å². The van der Waals surface area contributed by atoms with Crippen LogP contribution in [-0.2, 0) is 20.3 Å². The van der Waals surface area contributed by atoms with Crippen molar-refractivity contribution in [2.75, 3.05) is 25.7 Å². The fourth-order valence-corrected chi connectivity index (χ4v) is 1.29. The van der Waals surface area contributed by atoms with Gasteiger partial charge in [-0.15, -0.1) is 0 Å². The van der Waals surface area contributed by atoms with Crippen LogP contribution in [0.5, 0.6) is 0 Å². The molecule has 0 aliphatic rings. The third-order valence-electron chi connectivity index (χ3n) is 1.63. The van der Waals surface area contributed by atoms with E-state index in [1.165, 1.54) is 7.11 Å². The first-order valence-corrected chi connectivity index (χ1v) is 5.91. The summed E-state index contributed by atoms with van der Waals surface area (Å²) in [5.74, 6) is 0.506. The Morgan fingerprint density at radius 1 is 1.62 bits per heavy atom. The molecule has 0 aliphatic heterocycles. The van der Waals surface area contributed by atoms with Crippen LogP contribution in [0.2, 0.25) is 0 Å². The summed E-state index contributed by atoms with van der Waals surface area (Å²) in [5, 5.41) is 2.69. The smallest absolute Gasteiger partial charge is 0.248 e. The maximum Gasteiger partial charge on any atom is 0.248 e. The minimum Gasteiger partial charge on any atom is -0.372 e. The lowest BCUT2D eigenvalue weighted by atomic mass is 10.3. The van der Waals surface area contributed by atoms with Crippen LogP contribution >= 0.6 is 0 Å². The summed E-state index contributed by atoms with van der Waals surface area (Å²) in [7, 11) is 0.716. The third kappa shape index (κ3) is 6.72. The Balaban J connectivity index is 3.42. The molecule has 0 rings (SSSR count). The van der Waals surface area contributed by atoms with Gasteiger partial charge >= 0.3 is 0 Å². The van der Waals surface area contributed by atoms with Crippen LogP contribution in [0, 0.1) is 0 Å². The first kappa shape index (κ1) is 12.6. The summed E-state index contributed by atoms with van der Waals surface area (Å²) in [6.07, 6.45) is 1.98. The van der Waals surface area contributed by atoms with E-state index < -0.39 is 16.9 Å². The molecular weight excluding hydrogens is 190 g/mol. The van der Waals surface area contributed by atoms with Crippen LogP contribution in [0.1, 0.15) is 13.3 Å². The van der Waals surface area contributed by atoms with Crippen molar-refractivity contribution in [1.29, 1.82) is 0 Å². The minimum atomic E-state index is -0.775. The Kier molecular flexibility index (Phi) is 6.80. The van der Waals surface area contributed by atoms with Crippen molar-refractivity contribution in [1.82, 2.24) is 5.32 Å². The molecule has 4 nitrogen and oxygen atoms in total. The molecule has 13 heavy (non-hydrogen) atoms. The number of nitrogens with one attached hydrogen (secondary N) is 1. The molecular formula is C8H17NO3S. The standard InChI is InChI=1S/C8H17NO3S/c1-7(12-2)8(10)9-5-4-6-13(3)11/h7H,4-6H2,1-3H3,(H,9,10). The van der Waals surface area contributed by atoms with Gasteiger partial charge < -0.3 is 10.1 Å². The molecule has 5 heteroatoms. The van der Waals surface area contributed by atoms with Crippen LogP contribution in [0.25, 0.3) is 0 Å². The van der Waals surface area contributed by atoms with Crippen LogP contribution in [0.15, 0.2) is 0 Å². The maximum absolute atomic E-state index is 11.1. The van der Waals surface area contributed by atoms with E-state index in [1.807, 2.05) is 0 Å². The normalized spacial score (nSPS) is 15.0. The predicted molar refractivity (Wildman–Crippen MR) is 53.0 cm³/mol. The minimum absolute atomic E-state index is 0.121. The number of carbonyl (C=O) groups is 1. The number of amides is 1. The van der Waals surface area contributed by atoms with Crippen molar-refractivity contribution in [3.8, 4) is 0 Å². The molecule has 2 unspecified atom stereocenters. The zero-order valence-electron chi connectivity index (χ0n) is 8.33. The molecule has 0 heterocycles. The summed E-state index contributed by atoms with van der Waals surface area (Å²) in [4.78, 5) is 11.1. The molecule has 0 radical (unpaired) electrons. The first-order chi connectivity index (χ1) is 6.07. The third-order valence-corrected chi connectivity index (χ3v) is 2.49. The highest BCUT2D eigenvalue weighted by molar-refractivity contribution is 7.84. The van der Waals surface area contributed by atoms with Crippen molar-refractivity contribution in [2.45, 2.75) is 19.4 Å². The Morgan fingerprint density at radius 3 is 2.69 bits per heavy atom. The second-order valence-corrected chi connectivity index (χ2v) is 4.35. The molecule has 0 saturated heterocycles. The van der Waals surface area contributed by atoms with Crippen LogP contribution in [0.3, 0.4) is 0 Å². The van der Waals surface area contributed by atoms with E-state index in [2.05, 4.69) is 5.32 Å². The molecule has 0 spiro atoms.